The van der Waals surface area contributed by atoms with Crippen LogP contribution in [-0.4, -0.2) is 27.8 Å². The molecule has 5 heteroatoms. The van der Waals surface area contributed by atoms with Crippen LogP contribution in [0.15, 0.2) is 18.2 Å². The molecule has 0 saturated carbocycles. The van der Waals surface area contributed by atoms with Gasteiger partial charge in [0.1, 0.15) is 11.5 Å². The third-order valence-corrected chi connectivity index (χ3v) is 3.15. The van der Waals surface area contributed by atoms with Crippen LogP contribution in [0.5, 0.6) is 11.5 Å². The lowest BCUT2D eigenvalue weighted by Crippen LogP contribution is -2.25. The fourth-order valence-electron chi connectivity index (χ4n) is 2.03. The van der Waals surface area contributed by atoms with E-state index in [1.807, 2.05) is 6.92 Å². The van der Waals surface area contributed by atoms with Gasteiger partial charge in [0, 0.05) is 12.6 Å². The van der Waals surface area contributed by atoms with Crippen LogP contribution in [0.2, 0.25) is 0 Å². The minimum absolute atomic E-state index is 0.0111. The first-order chi connectivity index (χ1) is 8.49. The molecule has 0 heterocycles. The highest BCUT2D eigenvalue weighted by Crippen LogP contribution is 2.34. The summed E-state index contributed by atoms with van der Waals surface area (Å²) in [5.74, 6) is -1.66. The van der Waals surface area contributed by atoms with Crippen LogP contribution >= 0.6 is 0 Å². The van der Waals surface area contributed by atoms with Gasteiger partial charge in [0.2, 0.25) is 0 Å². The first-order valence-corrected chi connectivity index (χ1v) is 5.94. The summed E-state index contributed by atoms with van der Waals surface area (Å²) in [6, 6.07) is 4.36. The maximum absolute atomic E-state index is 11.0. The summed E-state index contributed by atoms with van der Waals surface area (Å²) in [4.78, 5) is 11.0. The van der Waals surface area contributed by atoms with E-state index >= 15 is 0 Å². The zero-order chi connectivity index (χ0) is 13.7. The highest BCUT2D eigenvalue weighted by atomic mass is 16.4. The number of phenols is 2. The van der Waals surface area contributed by atoms with E-state index in [1.54, 1.807) is 6.07 Å². The molecule has 0 aliphatic heterocycles. The fraction of sp³-hybridized carbons (Fsp3) is 0.462. The number of phenolic OH excluding ortho intramolecular Hbond substituents is 2. The number of carboxylic acid groups (broad SMARTS) is 1. The number of carbonyl (C=O) groups is 1. The minimum atomic E-state index is -0.922. The highest BCUT2D eigenvalue weighted by Gasteiger charge is 2.23. The number of carboxylic acids is 1. The number of aliphatic carboxylic acids is 1. The Morgan fingerprint density at radius 2 is 2.06 bits per heavy atom. The van der Waals surface area contributed by atoms with Crippen molar-refractivity contribution in [3.63, 3.8) is 0 Å². The van der Waals surface area contributed by atoms with Crippen molar-refractivity contribution in [2.24, 2.45) is 11.7 Å². The average molecular weight is 253 g/mol. The molecule has 5 nitrogen and oxygen atoms in total. The van der Waals surface area contributed by atoms with E-state index in [1.165, 1.54) is 12.1 Å². The molecule has 1 aromatic rings. The van der Waals surface area contributed by atoms with Crippen LogP contribution in [0.1, 0.15) is 31.2 Å². The SMILES string of the molecule is CCC(CC(CN)C(=O)O)c1ccc(O)cc1O. The molecule has 100 valence electrons. The molecule has 1 rings (SSSR count). The summed E-state index contributed by atoms with van der Waals surface area (Å²) in [5, 5.41) is 28.0. The second kappa shape index (κ2) is 6.26. The average Bonchev–Trinajstić information content (AvgIpc) is 2.31. The molecule has 0 fully saturated rings. The van der Waals surface area contributed by atoms with E-state index in [2.05, 4.69) is 0 Å². The molecule has 18 heavy (non-hydrogen) atoms. The Kier molecular flexibility index (Phi) is 4.97. The van der Waals surface area contributed by atoms with Gasteiger partial charge in [-0.2, -0.15) is 0 Å². The predicted molar refractivity (Wildman–Crippen MR) is 67.6 cm³/mol. The minimum Gasteiger partial charge on any atom is -0.508 e. The molecule has 0 bridgehead atoms. The number of rotatable bonds is 6. The van der Waals surface area contributed by atoms with E-state index in [0.717, 1.165) is 0 Å². The Morgan fingerprint density at radius 3 is 2.50 bits per heavy atom. The van der Waals surface area contributed by atoms with Gasteiger partial charge < -0.3 is 21.1 Å². The summed E-state index contributed by atoms with van der Waals surface area (Å²) in [7, 11) is 0. The Morgan fingerprint density at radius 1 is 1.39 bits per heavy atom. The lowest BCUT2D eigenvalue weighted by atomic mass is 9.86. The van der Waals surface area contributed by atoms with Gasteiger partial charge in [-0.15, -0.1) is 0 Å². The Hall–Kier alpha value is -1.75. The number of aromatic hydroxyl groups is 2. The normalized spacial score (nSPS) is 14.1. The summed E-state index contributed by atoms with van der Waals surface area (Å²) < 4.78 is 0. The predicted octanol–water partition coefficient (Wildman–Crippen LogP) is 1.64. The smallest absolute Gasteiger partial charge is 0.307 e. The summed E-state index contributed by atoms with van der Waals surface area (Å²) in [6.07, 6.45) is 1.07. The molecule has 2 unspecified atom stereocenters. The van der Waals surface area contributed by atoms with Crippen molar-refractivity contribution in [2.45, 2.75) is 25.7 Å². The second-order valence-electron chi connectivity index (χ2n) is 4.35. The maximum atomic E-state index is 11.0. The Labute approximate surface area is 106 Å². The lowest BCUT2D eigenvalue weighted by molar-refractivity contribution is -0.141. The second-order valence-corrected chi connectivity index (χ2v) is 4.35. The zero-order valence-electron chi connectivity index (χ0n) is 10.3. The molecule has 2 atom stereocenters. The first-order valence-electron chi connectivity index (χ1n) is 5.94. The molecule has 0 spiro atoms. The third-order valence-electron chi connectivity index (χ3n) is 3.15. The zero-order valence-corrected chi connectivity index (χ0v) is 10.3. The summed E-state index contributed by atoms with van der Waals surface area (Å²) in [6.45, 7) is 2.00. The molecule has 1 aromatic carbocycles. The van der Waals surface area contributed by atoms with E-state index in [4.69, 9.17) is 10.8 Å². The van der Waals surface area contributed by atoms with Gasteiger partial charge in [0.15, 0.2) is 0 Å². The fourth-order valence-corrected chi connectivity index (χ4v) is 2.03. The van der Waals surface area contributed by atoms with Crippen molar-refractivity contribution in [2.75, 3.05) is 6.54 Å². The highest BCUT2D eigenvalue weighted by molar-refractivity contribution is 5.70. The van der Waals surface area contributed by atoms with Crippen LogP contribution in [0.4, 0.5) is 0 Å². The van der Waals surface area contributed by atoms with Gasteiger partial charge in [0.25, 0.3) is 0 Å². The van der Waals surface area contributed by atoms with Gasteiger partial charge >= 0.3 is 5.97 Å². The van der Waals surface area contributed by atoms with Gasteiger partial charge in [-0.3, -0.25) is 4.79 Å². The quantitative estimate of drug-likeness (QED) is 0.617. The molecule has 0 radical (unpaired) electrons. The van der Waals surface area contributed by atoms with E-state index in [-0.39, 0.29) is 24.0 Å². The topological polar surface area (TPSA) is 104 Å². The largest absolute Gasteiger partial charge is 0.508 e. The van der Waals surface area contributed by atoms with Crippen molar-refractivity contribution < 1.29 is 20.1 Å². The Bertz CT molecular complexity index is 419. The molecular weight excluding hydrogens is 234 g/mol. The number of nitrogens with two attached hydrogens (primary N) is 1. The van der Waals surface area contributed by atoms with Gasteiger partial charge in [-0.1, -0.05) is 13.0 Å². The van der Waals surface area contributed by atoms with Crippen LogP contribution in [0.3, 0.4) is 0 Å². The van der Waals surface area contributed by atoms with Crippen molar-refractivity contribution >= 4 is 5.97 Å². The maximum Gasteiger partial charge on any atom is 0.307 e. The third kappa shape index (κ3) is 3.37. The number of benzene rings is 1. The number of hydrogen-bond donors (Lipinski definition) is 4. The van der Waals surface area contributed by atoms with Gasteiger partial charge in [-0.25, -0.2) is 0 Å². The molecule has 0 saturated heterocycles. The monoisotopic (exact) mass is 253 g/mol. The van der Waals surface area contributed by atoms with Gasteiger partial charge in [-0.05, 0) is 30.4 Å². The van der Waals surface area contributed by atoms with E-state index < -0.39 is 11.9 Å². The van der Waals surface area contributed by atoms with Crippen molar-refractivity contribution in [1.29, 1.82) is 0 Å². The van der Waals surface area contributed by atoms with E-state index in [0.29, 0.717) is 18.4 Å². The van der Waals surface area contributed by atoms with E-state index in [9.17, 15) is 15.0 Å². The van der Waals surface area contributed by atoms with Crippen molar-refractivity contribution in [3.05, 3.63) is 23.8 Å². The number of hydrogen-bond acceptors (Lipinski definition) is 4. The molecule has 0 amide bonds. The summed E-state index contributed by atoms with van der Waals surface area (Å²) >= 11 is 0. The van der Waals surface area contributed by atoms with Crippen LogP contribution in [0, 0.1) is 5.92 Å². The molecule has 5 N–H and O–H groups in total. The standard InChI is InChI=1S/C13H19NO4/c1-2-8(5-9(7-14)13(17)18)11-4-3-10(15)6-12(11)16/h3-4,6,8-9,15-16H,2,5,7,14H2,1H3,(H,17,18). The van der Waals surface area contributed by atoms with Crippen LogP contribution in [0.25, 0.3) is 0 Å². The van der Waals surface area contributed by atoms with Crippen LogP contribution in [-0.2, 0) is 4.79 Å². The van der Waals surface area contributed by atoms with Crippen molar-refractivity contribution in [1.82, 2.24) is 0 Å². The van der Waals surface area contributed by atoms with Crippen LogP contribution < -0.4 is 5.73 Å². The van der Waals surface area contributed by atoms with Crippen molar-refractivity contribution in [3.8, 4) is 11.5 Å². The first kappa shape index (κ1) is 14.3. The molecule has 0 aromatic heterocycles. The lowest BCUT2D eigenvalue weighted by Gasteiger charge is -2.20. The molecule has 0 aliphatic carbocycles. The molecule has 0 aliphatic rings. The summed E-state index contributed by atoms with van der Waals surface area (Å²) in [5.41, 5.74) is 6.08. The van der Waals surface area contributed by atoms with Gasteiger partial charge in [0.05, 0.1) is 5.92 Å². The Balaban J connectivity index is 2.92. The molecular formula is C13H19NO4.